The number of hydrogen-bond acceptors (Lipinski definition) is 6. The van der Waals surface area contributed by atoms with Gasteiger partial charge in [-0.3, -0.25) is 4.79 Å². The van der Waals surface area contributed by atoms with Gasteiger partial charge in [0.05, 0.1) is 11.7 Å². The first-order valence-corrected chi connectivity index (χ1v) is 8.84. The van der Waals surface area contributed by atoms with Gasteiger partial charge in [-0.15, -0.1) is 0 Å². The second kappa shape index (κ2) is 8.28. The van der Waals surface area contributed by atoms with E-state index in [0.29, 0.717) is 17.9 Å². The Morgan fingerprint density at radius 1 is 1.26 bits per heavy atom. The molecule has 0 aromatic heterocycles. The van der Waals surface area contributed by atoms with Crippen molar-refractivity contribution in [2.45, 2.75) is 25.2 Å². The van der Waals surface area contributed by atoms with E-state index < -0.39 is 12.0 Å². The number of nitrogens with one attached hydrogen (secondary N) is 2. The van der Waals surface area contributed by atoms with Crippen LogP contribution in [0.15, 0.2) is 42.5 Å². The lowest BCUT2D eigenvalue weighted by atomic mass is 10.0. The molecule has 144 valence electrons. The summed E-state index contributed by atoms with van der Waals surface area (Å²) in [5, 5.41) is 25.9. The molecule has 0 spiro atoms. The maximum absolute atomic E-state index is 11.8. The lowest BCUT2D eigenvalue weighted by molar-refractivity contribution is 0.0612. The lowest BCUT2D eigenvalue weighted by Gasteiger charge is -2.31. The summed E-state index contributed by atoms with van der Waals surface area (Å²) in [4.78, 5) is 11.8. The summed E-state index contributed by atoms with van der Waals surface area (Å²) in [5.41, 5.74) is 0.667. The molecule has 0 saturated heterocycles. The SMILES string of the molecule is CNC(=O)c1cc(C(O)CNC(C)C2COc3ccccc3O2)ccc1O. The fourth-order valence-electron chi connectivity index (χ4n) is 2.91. The summed E-state index contributed by atoms with van der Waals surface area (Å²) < 4.78 is 11.7. The van der Waals surface area contributed by atoms with Crippen molar-refractivity contribution in [3.63, 3.8) is 0 Å². The number of fused-ring (bicyclic) bond motifs is 1. The quantitative estimate of drug-likeness (QED) is 0.615. The minimum absolute atomic E-state index is 0.0662. The average molecular weight is 372 g/mol. The average Bonchev–Trinajstić information content (AvgIpc) is 2.71. The first kappa shape index (κ1) is 19.0. The number of aliphatic hydroxyl groups excluding tert-OH is 1. The van der Waals surface area contributed by atoms with E-state index in [1.807, 2.05) is 31.2 Å². The molecule has 1 aliphatic rings. The Morgan fingerprint density at radius 2 is 2.00 bits per heavy atom. The van der Waals surface area contributed by atoms with E-state index in [0.717, 1.165) is 5.75 Å². The highest BCUT2D eigenvalue weighted by molar-refractivity contribution is 5.96. The van der Waals surface area contributed by atoms with E-state index in [9.17, 15) is 15.0 Å². The molecule has 2 aromatic rings. The van der Waals surface area contributed by atoms with Gasteiger partial charge in [0.15, 0.2) is 11.5 Å². The van der Waals surface area contributed by atoms with E-state index in [-0.39, 0.29) is 30.0 Å². The smallest absolute Gasteiger partial charge is 0.254 e. The first-order valence-electron chi connectivity index (χ1n) is 8.84. The Balaban J connectivity index is 1.59. The highest BCUT2D eigenvalue weighted by Gasteiger charge is 2.26. The Bertz CT molecular complexity index is 811. The van der Waals surface area contributed by atoms with E-state index in [4.69, 9.17) is 9.47 Å². The van der Waals surface area contributed by atoms with Crippen LogP contribution in [0.4, 0.5) is 0 Å². The first-order chi connectivity index (χ1) is 13.0. The molecule has 0 radical (unpaired) electrons. The van der Waals surface area contributed by atoms with Gasteiger partial charge in [0.2, 0.25) is 0 Å². The second-order valence-electron chi connectivity index (χ2n) is 6.48. The molecule has 3 rings (SSSR count). The Hall–Kier alpha value is -2.77. The van der Waals surface area contributed by atoms with Crippen LogP contribution in [0.5, 0.6) is 17.2 Å². The number of carbonyl (C=O) groups excluding carboxylic acids is 1. The summed E-state index contributed by atoms with van der Waals surface area (Å²) in [6.07, 6.45) is -1.03. The third-order valence-corrected chi connectivity index (χ3v) is 4.60. The lowest BCUT2D eigenvalue weighted by Crippen LogP contribution is -2.47. The zero-order valence-corrected chi connectivity index (χ0v) is 15.3. The molecule has 0 fully saturated rings. The maximum atomic E-state index is 11.8. The molecule has 1 heterocycles. The van der Waals surface area contributed by atoms with Crippen molar-refractivity contribution in [1.82, 2.24) is 10.6 Å². The molecule has 27 heavy (non-hydrogen) atoms. The maximum Gasteiger partial charge on any atom is 0.254 e. The molecule has 0 saturated carbocycles. The number of amides is 1. The molecule has 0 bridgehead atoms. The Morgan fingerprint density at radius 3 is 2.74 bits per heavy atom. The van der Waals surface area contributed by atoms with Gasteiger partial charge in [-0.05, 0) is 36.8 Å². The fourth-order valence-corrected chi connectivity index (χ4v) is 2.91. The van der Waals surface area contributed by atoms with Crippen LogP contribution in [0.2, 0.25) is 0 Å². The van der Waals surface area contributed by atoms with Gasteiger partial charge < -0.3 is 30.3 Å². The number of aliphatic hydroxyl groups is 1. The fraction of sp³-hybridized carbons (Fsp3) is 0.350. The van der Waals surface area contributed by atoms with Crippen molar-refractivity contribution in [3.8, 4) is 17.2 Å². The Labute approximate surface area is 157 Å². The van der Waals surface area contributed by atoms with Gasteiger partial charge in [0.25, 0.3) is 5.91 Å². The number of ether oxygens (including phenoxy) is 2. The molecular weight excluding hydrogens is 348 g/mol. The molecule has 1 amide bonds. The molecule has 3 unspecified atom stereocenters. The molecule has 0 aliphatic carbocycles. The highest BCUT2D eigenvalue weighted by atomic mass is 16.6. The van der Waals surface area contributed by atoms with Crippen molar-refractivity contribution >= 4 is 5.91 Å². The molecule has 1 aliphatic heterocycles. The largest absolute Gasteiger partial charge is 0.507 e. The van der Waals surface area contributed by atoms with Crippen LogP contribution in [0.1, 0.15) is 28.9 Å². The standard InChI is InChI=1S/C20H24N2O5/c1-12(19-11-26-17-5-3-4-6-18(17)27-19)22-10-16(24)13-7-8-15(23)14(9-13)20(25)21-2/h3-9,12,16,19,22-24H,10-11H2,1-2H3,(H,21,25). The number of phenolic OH excluding ortho intramolecular Hbond substituents is 1. The predicted octanol–water partition coefficient (Wildman–Crippen LogP) is 1.60. The number of rotatable bonds is 6. The van der Waals surface area contributed by atoms with Gasteiger partial charge in [0, 0.05) is 19.6 Å². The van der Waals surface area contributed by atoms with Crippen molar-refractivity contribution in [2.24, 2.45) is 0 Å². The van der Waals surface area contributed by atoms with E-state index in [1.54, 1.807) is 6.07 Å². The van der Waals surface area contributed by atoms with Crippen LogP contribution >= 0.6 is 0 Å². The van der Waals surface area contributed by atoms with Gasteiger partial charge in [-0.25, -0.2) is 0 Å². The number of para-hydroxylation sites is 2. The number of carbonyl (C=O) groups is 1. The number of hydrogen-bond donors (Lipinski definition) is 4. The Kier molecular flexibility index (Phi) is 5.83. The van der Waals surface area contributed by atoms with Crippen molar-refractivity contribution in [2.75, 3.05) is 20.2 Å². The van der Waals surface area contributed by atoms with E-state index in [2.05, 4.69) is 10.6 Å². The molecule has 7 heteroatoms. The number of phenols is 1. The van der Waals surface area contributed by atoms with Crippen LogP contribution in [-0.2, 0) is 0 Å². The summed E-state index contributed by atoms with van der Waals surface area (Å²) in [6.45, 7) is 2.64. The molecule has 7 nitrogen and oxygen atoms in total. The van der Waals surface area contributed by atoms with Crippen LogP contribution in [0, 0.1) is 0 Å². The van der Waals surface area contributed by atoms with Gasteiger partial charge in [-0.2, -0.15) is 0 Å². The molecule has 3 atom stereocenters. The second-order valence-corrected chi connectivity index (χ2v) is 6.48. The van der Waals surface area contributed by atoms with Crippen molar-refractivity contribution in [3.05, 3.63) is 53.6 Å². The van der Waals surface area contributed by atoms with Crippen molar-refractivity contribution < 1.29 is 24.5 Å². The molecular formula is C20H24N2O5. The summed E-state index contributed by atoms with van der Waals surface area (Å²) in [5.74, 6) is 0.899. The zero-order chi connectivity index (χ0) is 19.4. The minimum atomic E-state index is -0.840. The molecule has 2 aromatic carbocycles. The van der Waals surface area contributed by atoms with E-state index >= 15 is 0 Å². The van der Waals surface area contributed by atoms with Gasteiger partial charge in [-0.1, -0.05) is 18.2 Å². The predicted molar refractivity (Wildman–Crippen MR) is 100 cm³/mol. The monoisotopic (exact) mass is 372 g/mol. The summed E-state index contributed by atoms with van der Waals surface area (Å²) in [6, 6.07) is 11.9. The van der Waals surface area contributed by atoms with Crippen molar-refractivity contribution in [1.29, 1.82) is 0 Å². The minimum Gasteiger partial charge on any atom is -0.507 e. The third kappa shape index (κ3) is 4.32. The number of aromatic hydroxyl groups is 1. The summed E-state index contributed by atoms with van der Waals surface area (Å²) >= 11 is 0. The zero-order valence-electron chi connectivity index (χ0n) is 15.3. The van der Waals surface area contributed by atoms with Crippen LogP contribution < -0.4 is 20.1 Å². The molecule has 4 N–H and O–H groups in total. The highest BCUT2D eigenvalue weighted by Crippen LogP contribution is 2.31. The van der Waals surface area contributed by atoms with Crippen LogP contribution in [0.3, 0.4) is 0 Å². The third-order valence-electron chi connectivity index (χ3n) is 4.60. The van der Waals surface area contributed by atoms with Gasteiger partial charge >= 0.3 is 0 Å². The van der Waals surface area contributed by atoms with Crippen LogP contribution in [0.25, 0.3) is 0 Å². The number of benzene rings is 2. The van der Waals surface area contributed by atoms with Gasteiger partial charge in [0.1, 0.15) is 18.5 Å². The summed E-state index contributed by atoms with van der Waals surface area (Å²) in [7, 11) is 1.48. The topological polar surface area (TPSA) is 100 Å². The van der Waals surface area contributed by atoms with E-state index in [1.165, 1.54) is 19.2 Å². The normalized spacial score (nSPS) is 17.8. The van der Waals surface area contributed by atoms with Crippen LogP contribution in [-0.4, -0.2) is 48.5 Å².